The molecule has 6 rings (SSSR count). The van der Waals surface area contributed by atoms with Crippen LogP contribution in [-0.4, -0.2) is 72.5 Å². The van der Waals surface area contributed by atoms with E-state index in [-0.39, 0.29) is 25.2 Å². The van der Waals surface area contributed by atoms with Gasteiger partial charge in [0.1, 0.15) is 5.76 Å². The predicted octanol–water partition coefficient (Wildman–Crippen LogP) is 9.10. The normalized spacial score (nSPS) is 23.0. The van der Waals surface area contributed by atoms with Crippen LogP contribution in [0.5, 0.6) is 0 Å². The number of aliphatic imine (C=N–C) groups is 3. The van der Waals surface area contributed by atoms with Gasteiger partial charge in [-0.05, 0) is 74.1 Å². The molecule has 17 heteroatoms. The minimum Gasteiger partial charge on any atom is -0.511 e. The first-order valence-corrected chi connectivity index (χ1v) is 17.4. The minimum atomic E-state index is -7.10. The van der Waals surface area contributed by atoms with Crippen molar-refractivity contribution in [1.29, 1.82) is 0 Å². The lowest BCUT2D eigenvalue weighted by atomic mass is 9.86. The Morgan fingerprint density at radius 1 is 0.891 bits per heavy atom. The monoisotopic (exact) mass is 784 g/mol. The molecule has 1 saturated heterocycles. The lowest BCUT2D eigenvalue weighted by molar-refractivity contribution is -0.398. The summed E-state index contributed by atoms with van der Waals surface area (Å²) >= 11 is 0. The van der Waals surface area contributed by atoms with Gasteiger partial charge in [0, 0.05) is 59.9 Å². The maximum atomic E-state index is 14.1. The molecule has 0 aromatic rings. The Balaban J connectivity index is 1.38. The molecule has 8 nitrogen and oxygen atoms in total. The Morgan fingerprint density at radius 2 is 1.51 bits per heavy atom. The third-order valence-electron chi connectivity index (χ3n) is 10.8. The Kier molecular flexibility index (Phi) is 10.0. The number of halogens is 9. The highest BCUT2D eigenvalue weighted by Crippen LogP contribution is 2.53. The van der Waals surface area contributed by atoms with Crippen LogP contribution in [0.4, 0.5) is 39.5 Å². The fraction of sp³-hybridized carbons (Fsp3) is 0.474. The molecule has 6 aliphatic rings. The van der Waals surface area contributed by atoms with Crippen LogP contribution in [0.3, 0.4) is 0 Å². The molecule has 1 aliphatic carbocycles. The lowest BCUT2D eigenvalue weighted by Crippen LogP contribution is -2.62. The first kappa shape index (κ1) is 40.0. The van der Waals surface area contributed by atoms with Gasteiger partial charge in [0.15, 0.2) is 6.61 Å². The Hall–Kier alpha value is -4.67. The van der Waals surface area contributed by atoms with Gasteiger partial charge in [0.05, 0.1) is 40.8 Å². The van der Waals surface area contributed by atoms with E-state index in [0.717, 1.165) is 22.3 Å². The first-order valence-electron chi connectivity index (χ1n) is 17.4. The average Bonchev–Trinajstić information content (AvgIpc) is 3.85. The quantitative estimate of drug-likeness (QED) is 0.170. The molecular weight excluding hydrogens is 747 g/mol. The van der Waals surface area contributed by atoms with Crippen molar-refractivity contribution in [2.75, 3.05) is 20.3 Å². The van der Waals surface area contributed by atoms with Gasteiger partial charge in [-0.15, -0.1) is 0 Å². The van der Waals surface area contributed by atoms with E-state index in [9.17, 15) is 49.4 Å². The minimum absolute atomic E-state index is 0.0332. The van der Waals surface area contributed by atoms with Gasteiger partial charge in [-0.25, -0.2) is 15.0 Å². The van der Waals surface area contributed by atoms with Crippen LogP contribution in [0.1, 0.15) is 60.3 Å². The van der Waals surface area contributed by atoms with Crippen molar-refractivity contribution in [1.82, 2.24) is 5.32 Å². The lowest BCUT2D eigenvalue weighted by Gasteiger charge is -2.33. The van der Waals surface area contributed by atoms with Crippen LogP contribution in [0.2, 0.25) is 0 Å². The topological polar surface area (TPSA) is 105 Å². The van der Waals surface area contributed by atoms with E-state index < -0.39 is 54.8 Å². The molecule has 2 atom stereocenters. The summed E-state index contributed by atoms with van der Waals surface area (Å²) in [5.41, 5.74) is 10.2. The van der Waals surface area contributed by atoms with Gasteiger partial charge in [-0.3, -0.25) is 4.79 Å². The Labute approximate surface area is 310 Å². The molecule has 5 heterocycles. The number of rotatable bonds is 10. The number of hydrogen-bond acceptors (Lipinski definition) is 8. The van der Waals surface area contributed by atoms with Crippen molar-refractivity contribution >= 4 is 23.1 Å². The summed E-state index contributed by atoms with van der Waals surface area (Å²) < 4.78 is 130. The molecule has 0 amide bonds. The van der Waals surface area contributed by atoms with Crippen LogP contribution in [-0.2, 0) is 14.3 Å². The van der Waals surface area contributed by atoms with Crippen molar-refractivity contribution < 1.29 is 58.9 Å². The second kappa shape index (κ2) is 13.8. The summed E-state index contributed by atoms with van der Waals surface area (Å²) in [7, 11) is 1.56. The largest absolute Gasteiger partial charge is 0.511 e. The zero-order chi connectivity index (χ0) is 40.6. The van der Waals surface area contributed by atoms with Gasteiger partial charge in [0.2, 0.25) is 0 Å². The highest BCUT2D eigenvalue weighted by atomic mass is 19.4. The van der Waals surface area contributed by atoms with Crippen LogP contribution < -0.4 is 5.32 Å². The van der Waals surface area contributed by atoms with E-state index in [1.165, 1.54) is 0 Å². The molecule has 0 spiro atoms. The molecular formula is C38H37F9N4O4. The number of aliphatic hydroxyl groups excluding tert-OH is 1. The molecule has 55 heavy (non-hydrogen) atoms. The van der Waals surface area contributed by atoms with Crippen LogP contribution in [0.25, 0.3) is 0 Å². The number of nitrogens with one attached hydrogen (secondary N) is 1. The van der Waals surface area contributed by atoms with E-state index in [1.54, 1.807) is 20.1 Å². The third-order valence-corrected chi connectivity index (χ3v) is 10.8. The summed E-state index contributed by atoms with van der Waals surface area (Å²) in [4.78, 5) is 27.4. The number of esters is 1. The van der Waals surface area contributed by atoms with E-state index in [4.69, 9.17) is 19.7 Å². The highest BCUT2D eigenvalue weighted by Gasteiger charge is 2.82. The molecule has 0 unspecified atom stereocenters. The van der Waals surface area contributed by atoms with Gasteiger partial charge >= 0.3 is 29.9 Å². The SMILES string of the molecule is CCC1=C(C)C2=NC1=CC1=C(C)C3=C(O)CC(=C4NC(=CC5=NC(=C2)C(COC)=C5C)[C@@H](C)[C@@H]4CCC(=O)OCC(F)(F)C(F)(F)C(F)(F)C(F)(F)F)C3=N1. The Bertz CT molecular complexity index is 2110. The third kappa shape index (κ3) is 6.51. The zero-order valence-corrected chi connectivity index (χ0v) is 30.5. The van der Waals surface area contributed by atoms with Gasteiger partial charge in [-0.1, -0.05) is 13.8 Å². The average molecular weight is 785 g/mol. The molecule has 1 fully saturated rings. The fourth-order valence-corrected chi connectivity index (χ4v) is 7.50. The summed E-state index contributed by atoms with van der Waals surface area (Å²) in [5.74, 6) is -22.6. The number of hydrogen-bond donors (Lipinski definition) is 2. The van der Waals surface area contributed by atoms with Gasteiger partial charge in [-0.2, -0.15) is 39.5 Å². The van der Waals surface area contributed by atoms with E-state index in [0.29, 0.717) is 68.8 Å². The number of alkyl halides is 9. The van der Waals surface area contributed by atoms with Gasteiger partial charge in [0.25, 0.3) is 0 Å². The van der Waals surface area contributed by atoms with Crippen molar-refractivity contribution in [2.24, 2.45) is 26.8 Å². The van der Waals surface area contributed by atoms with Crippen LogP contribution >= 0.6 is 0 Å². The van der Waals surface area contributed by atoms with Crippen LogP contribution in [0.15, 0.2) is 106 Å². The number of fused-ring (bicyclic) bond motifs is 5. The number of nitrogens with zero attached hydrogens (tertiary/aromatic N) is 3. The number of methoxy groups -OCH3 is 1. The molecule has 2 N–H and O–H groups in total. The van der Waals surface area contributed by atoms with Crippen molar-refractivity contribution in [2.45, 2.75) is 84.2 Å². The number of aliphatic hydroxyl groups is 1. The molecule has 296 valence electrons. The maximum Gasteiger partial charge on any atom is 0.460 e. The van der Waals surface area contributed by atoms with Crippen molar-refractivity contribution in [3.63, 3.8) is 0 Å². The first-order chi connectivity index (χ1) is 25.6. The van der Waals surface area contributed by atoms with Crippen LogP contribution in [0, 0.1) is 11.8 Å². The van der Waals surface area contributed by atoms with Crippen molar-refractivity contribution in [3.8, 4) is 0 Å². The fourth-order valence-electron chi connectivity index (χ4n) is 7.50. The number of ether oxygens (including phenoxy) is 2. The van der Waals surface area contributed by atoms with Gasteiger partial charge < -0.3 is 19.9 Å². The zero-order valence-electron chi connectivity index (χ0n) is 30.5. The summed E-state index contributed by atoms with van der Waals surface area (Å²) in [6.07, 6.45) is -1.62. The highest BCUT2D eigenvalue weighted by molar-refractivity contribution is 6.21. The molecule has 0 aromatic carbocycles. The number of carbonyl (C=O) groups is 1. The van der Waals surface area contributed by atoms with Crippen molar-refractivity contribution in [3.05, 3.63) is 91.5 Å². The second-order valence-electron chi connectivity index (χ2n) is 14.1. The van der Waals surface area contributed by atoms with E-state index in [1.807, 2.05) is 39.8 Å². The maximum absolute atomic E-state index is 14.1. The second-order valence-corrected chi connectivity index (χ2v) is 14.1. The van der Waals surface area contributed by atoms with E-state index >= 15 is 0 Å². The summed E-state index contributed by atoms with van der Waals surface area (Å²) in [6, 6.07) is 0. The summed E-state index contributed by atoms with van der Waals surface area (Å²) in [5, 5.41) is 14.6. The molecule has 5 aliphatic heterocycles. The summed E-state index contributed by atoms with van der Waals surface area (Å²) in [6.45, 7) is 7.02. The number of carbonyl (C=O) groups excluding carboxylic acids is 1. The van der Waals surface area contributed by atoms with E-state index in [2.05, 4.69) is 10.1 Å². The smallest absolute Gasteiger partial charge is 0.460 e. The molecule has 0 radical (unpaired) electrons. The predicted molar refractivity (Wildman–Crippen MR) is 185 cm³/mol. The Morgan fingerprint density at radius 3 is 2.13 bits per heavy atom. The standard InChI is InChI=1S/C38H37F9N4O4/c1-7-20-16(2)25-12-29-23(14-54-6)18(4)24(49-29)11-26-17(3)21(8-9-31(53)55-15-35(39,40)36(41,42)37(43,44)38(45,46)47)33(50-26)22-10-30(52)32-19(5)27(51-34(22)32)13-28(20)48-25/h11-13,17,21,50,52H,7-10,14-15H2,1-6H3/t17-,21-/m0/s1. The number of allylic oxidation sites excluding steroid dienone is 11. The molecule has 0 aromatic heterocycles. The molecule has 0 saturated carbocycles. The molecule has 8 bridgehead atoms.